The Kier molecular flexibility index (Phi) is 4.69. The minimum atomic E-state index is -0.855. The number of likely N-dealkylation sites (tertiary alicyclic amines) is 1. The van der Waals surface area contributed by atoms with Crippen LogP contribution in [0.3, 0.4) is 0 Å². The largest absolute Gasteiger partial charge is 0.481 e. The van der Waals surface area contributed by atoms with Crippen LogP contribution < -0.4 is 5.32 Å². The fraction of sp³-hybridized carbons (Fsp3) is 0.412. The highest BCUT2D eigenvalue weighted by Crippen LogP contribution is 2.24. The number of carbonyl (C=O) groups is 2. The normalized spacial score (nSPS) is 20.3. The molecule has 0 bridgehead atoms. The van der Waals surface area contributed by atoms with Crippen LogP contribution in [0.1, 0.15) is 19.2 Å². The average molecular weight is 343 g/mol. The maximum Gasteiger partial charge on any atom is 0.321 e. The number of aromatic nitrogens is 3. The highest BCUT2D eigenvalue weighted by atomic mass is 16.4. The second kappa shape index (κ2) is 6.92. The summed E-state index contributed by atoms with van der Waals surface area (Å²) < 4.78 is 0. The molecule has 0 radical (unpaired) electrons. The minimum absolute atomic E-state index is 0.156. The predicted octanol–water partition coefficient (Wildman–Crippen LogP) is 2.35. The Labute approximate surface area is 145 Å². The summed E-state index contributed by atoms with van der Waals surface area (Å²) in [6, 6.07) is 6.96. The third-order valence-electron chi connectivity index (χ3n) is 4.27. The van der Waals surface area contributed by atoms with Crippen LogP contribution in [0.4, 0.5) is 10.5 Å². The molecule has 3 N–H and O–H groups in total. The summed E-state index contributed by atoms with van der Waals surface area (Å²) in [6.07, 6.45) is 0.596. The van der Waals surface area contributed by atoms with Crippen molar-refractivity contribution in [3.05, 3.63) is 30.1 Å². The molecule has 3 rings (SSSR count). The number of aliphatic carboxylic acids is 1. The Morgan fingerprint density at radius 2 is 2.16 bits per heavy atom. The Bertz CT molecular complexity index is 788. The summed E-state index contributed by atoms with van der Waals surface area (Å²) in [5, 5.41) is 19.0. The number of hydrogen-bond donors (Lipinski definition) is 3. The molecule has 1 aromatic heterocycles. The number of carboxylic acid groups (broad SMARTS) is 1. The summed E-state index contributed by atoms with van der Waals surface area (Å²) in [5.74, 6) is 0.0594. The molecule has 2 heterocycles. The maximum atomic E-state index is 12.5. The van der Waals surface area contributed by atoms with Crippen LogP contribution in [-0.4, -0.2) is 50.3 Å². The molecule has 1 fully saturated rings. The number of aromatic amines is 1. The van der Waals surface area contributed by atoms with E-state index in [0.29, 0.717) is 30.3 Å². The number of H-pyrrole nitrogens is 1. The van der Waals surface area contributed by atoms with E-state index in [1.54, 1.807) is 17.0 Å². The first-order valence-corrected chi connectivity index (χ1v) is 8.20. The lowest BCUT2D eigenvalue weighted by Gasteiger charge is -2.34. The van der Waals surface area contributed by atoms with Gasteiger partial charge in [0.1, 0.15) is 5.82 Å². The number of piperidine rings is 1. The van der Waals surface area contributed by atoms with Crippen molar-refractivity contribution in [2.45, 2.75) is 20.3 Å². The molecular formula is C17H21N5O3. The minimum Gasteiger partial charge on any atom is -0.481 e. The number of amides is 2. The third kappa shape index (κ3) is 3.96. The first-order valence-electron chi connectivity index (χ1n) is 8.20. The summed E-state index contributed by atoms with van der Waals surface area (Å²) in [5.41, 5.74) is 1.41. The number of rotatable bonds is 3. The molecule has 2 amide bonds. The van der Waals surface area contributed by atoms with Crippen molar-refractivity contribution < 1.29 is 14.7 Å². The number of carbonyl (C=O) groups excluding carboxylic acids is 1. The number of carboxylic acids is 1. The van der Waals surface area contributed by atoms with Gasteiger partial charge in [0.25, 0.3) is 0 Å². The molecule has 8 heteroatoms. The third-order valence-corrected chi connectivity index (χ3v) is 4.27. The monoisotopic (exact) mass is 343 g/mol. The zero-order chi connectivity index (χ0) is 18.0. The van der Waals surface area contributed by atoms with Crippen molar-refractivity contribution in [1.82, 2.24) is 20.1 Å². The summed E-state index contributed by atoms with van der Waals surface area (Å²) in [7, 11) is 0. The molecule has 132 valence electrons. The molecular weight excluding hydrogens is 322 g/mol. The molecule has 1 saturated heterocycles. The number of nitrogens with zero attached hydrogens (tertiary/aromatic N) is 3. The van der Waals surface area contributed by atoms with Gasteiger partial charge in [-0.15, -0.1) is 0 Å². The van der Waals surface area contributed by atoms with Crippen LogP contribution in [0.25, 0.3) is 11.4 Å². The lowest BCUT2D eigenvalue weighted by atomic mass is 9.91. The number of hydrogen-bond acceptors (Lipinski definition) is 4. The Morgan fingerprint density at radius 3 is 2.84 bits per heavy atom. The van der Waals surface area contributed by atoms with Gasteiger partial charge in [-0.05, 0) is 31.4 Å². The molecule has 25 heavy (non-hydrogen) atoms. The number of benzene rings is 1. The molecule has 0 aliphatic carbocycles. The lowest BCUT2D eigenvalue weighted by Crippen LogP contribution is -2.47. The van der Waals surface area contributed by atoms with E-state index in [0.717, 1.165) is 5.56 Å². The Morgan fingerprint density at radius 1 is 1.36 bits per heavy atom. The van der Waals surface area contributed by atoms with E-state index in [2.05, 4.69) is 20.5 Å². The molecule has 1 aliphatic heterocycles. The standard InChI is InChI=1S/C17H21N5O3/c1-10-6-13(16(23)24)9-22(8-10)17(25)19-14-5-3-4-12(7-14)15-18-11(2)20-21-15/h3-5,7,10,13H,6,8-9H2,1-2H3,(H,19,25)(H,23,24)(H,18,20,21). The first-order chi connectivity index (χ1) is 11.9. The van der Waals surface area contributed by atoms with Gasteiger partial charge in [-0.1, -0.05) is 19.1 Å². The van der Waals surface area contributed by atoms with Crippen LogP contribution in [0.2, 0.25) is 0 Å². The zero-order valence-corrected chi connectivity index (χ0v) is 14.2. The number of urea groups is 1. The van der Waals surface area contributed by atoms with E-state index in [9.17, 15) is 14.7 Å². The van der Waals surface area contributed by atoms with Gasteiger partial charge in [0.05, 0.1) is 5.92 Å². The maximum absolute atomic E-state index is 12.5. The average Bonchev–Trinajstić information content (AvgIpc) is 3.01. The molecule has 2 aromatic rings. The van der Waals surface area contributed by atoms with Crippen LogP contribution in [0.15, 0.2) is 24.3 Å². The van der Waals surface area contributed by atoms with E-state index in [1.165, 1.54) is 0 Å². The second-order valence-electron chi connectivity index (χ2n) is 6.54. The van der Waals surface area contributed by atoms with Crippen LogP contribution in [-0.2, 0) is 4.79 Å². The van der Waals surface area contributed by atoms with E-state index < -0.39 is 11.9 Å². The van der Waals surface area contributed by atoms with Gasteiger partial charge < -0.3 is 15.3 Å². The smallest absolute Gasteiger partial charge is 0.321 e. The quantitative estimate of drug-likeness (QED) is 0.792. The van der Waals surface area contributed by atoms with Crippen molar-refractivity contribution in [1.29, 1.82) is 0 Å². The van der Waals surface area contributed by atoms with Gasteiger partial charge in [0.2, 0.25) is 0 Å². The van der Waals surface area contributed by atoms with Crippen LogP contribution in [0.5, 0.6) is 0 Å². The SMILES string of the molecule is Cc1nc(-c2cccc(NC(=O)N3CC(C)CC(C(=O)O)C3)c2)n[nH]1. The fourth-order valence-electron chi connectivity index (χ4n) is 3.11. The molecule has 1 aromatic carbocycles. The van der Waals surface area contributed by atoms with Crippen LogP contribution in [0, 0.1) is 18.8 Å². The van der Waals surface area contributed by atoms with Gasteiger partial charge in [0.15, 0.2) is 5.82 Å². The van der Waals surface area contributed by atoms with Crippen molar-refractivity contribution in [3.8, 4) is 11.4 Å². The lowest BCUT2D eigenvalue weighted by molar-refractivity contribution is -0.143. The number of anilines is 1. The Balaban J connectivity index is 1.71. The van der Waals surface area contributed by atoms with Gasteiger partial charge in [-0.3, -0.25) is 9.89 Å². The van der Waals surface area contributed by atoms with Gasteiger partial charge in [-0.25, -0.2) is 9.78 Å². The van der Waals surface area contributed by atoms with Crippen molar-refractivity contribution in [3.63, 3.8) is 0 Å². The molecule has 8 nitrogen and oxygen atoms in total. The first kappa shape index (κ1) is 16.9. The molecule has 2 atom stereocenters. The fourth-order valence-corrected chi connectivity index (χ4v) is 3.11. The molecule has 0 saturated carbocycles. The highest BCUT2D eigenvalue weighted by molar-refractivity contribution is 5.90. The molecule has 2 unspecified atom stereocenters. The number of nitrogens with one attached hydrogen (secondary N) is 2. The number of aryl methyl sites for hydroxylation is 1. The van der Waals surface area contributed by atoms with E-state index >= 15 is 0 Å². The van der Waals surface area contributed by atoms with Crippen molar-refractivity contribution in [2.24, 2.45) is 11.8 Å². The predicted molar refractivity (Wildman–Crippen MR) is 92.1 cm³/mol. The van der Waals surface area contributed by atoms with Gasteiger partial charge in [0, 0.05) is 24.3 Å². The van der Waals surface area contributed by atoms with Crippen molar-refractivity contribution >= 4 is 17.7 Å². The van der Waals surface area contributed by atoms with E-state index in [4.69, 9.17) is 0 Å². The van der Waals surface area contributed by atoms with Crippen LogP contribution >= 0.6 is 0 Å². The van der Waals surface area contributed by atoms with Gasteiger partial charge in [-0.2, -0.15) is 5.10 Å². The van der Waals surface area contributed by atoms with E-state index in [1.807, 2.05) is 26.0 Å². The topological polar surface area (TPSA) is 111 Å². The van der Waals surface area contributed by atoms with E-state index in [-0.39, 0.29) is 18.5 Å². The van der Waals surface area contributed by atoms with Crippen molar-refractivity contribution in [2.75, 3.05) is 18.4 Å². The second-order valence-corrected chi connectivity index (χ2v) is 6.54. The van der Waals surface area contributed by atoms with Gasteiger partial charge >= 0.3 is 12.0 Å². The molecule has 0 spiro atoms. The summed E-state index contributed by atoms with van der Waals surface area (Å²) >= 11 is 0. The Hall–Kier alpha value is -2.90. The molecule has 1 aliphatic rings. The highest BCUT2D eigenvalue weighted by Gasteiger charge is 2.31. The summed E-state index contributed by atoms with van der Waals surface area (Å²) in [6.45, 7) is 4.56. The summed E-state index contributed by atoms with van der Waals surface area (Å²) in [4.78, 5) is 29.6. The zero-order valence-electron chi connectivity index (χ0n) is 14.2.